The van der Waals surface area contributed by atoms with E-state index in [4.69, 9.17) is 11.6 Å². The lowest BCUT2D eigenvalue weighted by molar-refractivity contribution is -0.116. The first-order valence-electron chi connectivity index (χ1n) is 6.81. The molecule has 0 fully saturated rings. The molecule has 2 rings (SSSR count). The highest BCUT2D eigenvalue weighted by Gasteiger charge is 2.06. The summed E-state index contributed by atoms with van der Waals surface area (Å²) in [5.74, 6) is -0.0287. The fraction of sp³-hybridized carbons (Fsp3) is 0.250. The van der Waals surface area contributed by atoms with E-state index in [2.05, 4.69) is 15.6 Å². The molecule has 0 unspecified atom stereocenters. The summed E-state index contributed by atoms with van der Waals surface area (Å²) in [7, 11) is 0. The number of nitrogens with one attached hydrogen (secondary N) is 2. The van der Waals surface area contributed by atoms with E-state index in [1.807, 2.05) is 43.5 Å². The van der Waals surface area contributed by atoms with Gasteiger partial charge in [0.05, 0.1) is 0 Å². The molecule has 0 radical (unpaired) electrons. The van der Waals surface area contributed by atoms with Crippen LogP contribution in [0, 0.1) is 6.92 Å². The summed E-state index contributed by atoms with van der Waals surface area (Å²) in [6, 6.07) is 9.37. The van der Waals surface area contributed by atoms with Crippen LogP contribution in [0.4, 0.5) is 5.69 Å². The molecule has 4 nitrogen and oxygen atoms in total. The summed E-state index contributed by atoms with van der Waals surface area (Å²) in [5, 5.41) is 6.75. The fourth-order valence-corrected chi connectivity index (χ4v) is 2.07. The predicted molar refractivity (Wildman–Crippen MR) is 85.4 cm³/mol. The first-order chi connectivity index (χ1) is 10.2. The molecule has 0 bridgehead atoms. The van der Waals surface area contributed by atoms with E-state index >= 15 is 0 Å². The van der Waals surface area contributed by atoms with Crippen molar-refractivity contribution in [1.29, 1.82) is 0 Å². The van der Waals surface area contributed by atoms with Gasteiger partial charge in [0.2, 0.25) is 5.91 Å². The van der Waals surface area contributed by atoms with Crippen molar-refractivity contribution >= 4 is 23.2 Å². The van der Waals surface area contributed by atoms with Crippen LogP contribution < -0.4 is 10.6 Å². The van der Waals surface area contributed by atoms with Gasteiger partial charge in [-0.25, -0.2) is 0 Å². The average molecular weight is 304 g/mol. The Hall–Kier alpha value is -1.91. The lowest BCUT2D eigenvalue weighted by Gasteiger charge is -2.10. The third kappa shape index (κ3) is 4.85. The van der Waals surface area contributed by atoms with Gasteiger partial charge in [0, 0.05) is 42.6 Å². The number of halogens is 1. The molecule has 2 aromatic rings. The quantitative estimate of drug-likeness (QED) is 0.806. The molecule has 0 saturated heterocycles. The van der Waals surface area contributed by atoms with Crippen molar-refractivity contribution in [3.63, 3.8) is 0 Å². The van der Waals surface area contributed by atoms with Gasteiger partial charge in [0.25, 0.3) is 0 Å². The van der Waals surface area contributed by atoms with Crippen LogP contribution in [0.3, 0.4) is 0 Å². The van der Waals surface area contributed by atoms with Gasteiger partial charge in [-0.15, -0.1) is 0 Å². The molecule has 0 atom stereocenters. The zero-order chi connectivity index (χ0) is 15.1. The number of carbonyl (C=O) groups is 1. The Morgan fingerprint density at radius 3 is 2.90 bits per heavy atom. The second-order valence-corrected chi connectivity index (χ2v) is 5.16. The van der Waals surface area contributed by atoms with Crippen LogP contribution >= 0.6 is 11.6 Å². The summed E-state index contributed by atoms with van der Waals surface area (Å²) in [5.41, 5.74) is 2.75. The Morgan fingerprint density at radius 1 is 1.29 bits per heavy atom. The Balaban J connectivity index is 1.74. The number of pyridine rings is 1. The van der Waals surface area contributed by atoms with E-state index in [1.165, 1.54) is 0 Å². The maximum absolute atomic E-state index is 11.9. The molecular formula is C16H18ClN3O. The minimum absolute atomic E-state index is 0.0287. The van der Waals surface area contributed by atoms with Gasteiger partial charge in [-0.05, 0) is 36.2 Å². The van der Waals surface area contributed by atoms with Crippen molar-refractivity contribution in [2.75, 3.05) is 11.9 Å². The molecule has 0 aliphatic carbocycles. The van der Waals surface area contributed by atoms with Gasteiger partial charge in [0.15, 0.2) is 0 Å². The molecular weight excluding hydrogens is 286 g/mol. The van der Waals surface area contributed by atoms with E-state index in [-0.39, 0.29) is 5.91 Å². The summed E-state index contributed by atoms with van der Waals surface area (Å²) in [4.78, 5) is 15.9. The third-order valence-corrected chi connectivity index (χ3v) is 3.53. The lowest BCUT2D eigenvalue weighted by atomic mass is 10.2. The molecule has 1 amide bonds. The maximum atomic E-state index is 11.9. The predicted octanol–water partition coefficient (Wildman–Crippen LogP) is 3.16. The maximum Gasteiger partial charge on any atom is 0.225 e. The van der Waals surface area contributed by atoms with Crippen LogP contribution in [-0.2, 0) is 11.3 Å². The molecule has 2 N–H and O–H groups in total. The number of hydrogen-bond acceptors (Lipinski definition) is 3. The largest absolute Gasteiger partial charge is 0.326 e. The monoisotopic (exact) mass is 303 g/mol. The zero-order valence-corrected chi connectivity index (χ0v) is 12.7. The average Bonchev–Trinajstić information content (AvgIpc) is 2.49. The van der Waals surface area contributed by atoms with Crippen LogP contribution in [0.25, 0.3) is 0 Å². The smallest absolute Gasteiger partial charge is 0.225 e. The van der Waals surface area contributed by atoms with E-state index in [0.29, 0.717) is 24.5 Å². The van der Waals surface area contributed by atoms with Crippen molar-refractivity contribution < 1.29 is 4.79 Å². The molecule has 21 heavy (non-hydrogen) atoms. The van der Waals surface area contributed by atoms with Crippen molar-refractivity contribution in [3.8, 4) is 0 Å². The molecule has 0 spiro atoms. The van der Waals surface area contributed by atoms with Crippen LogP contribution in [0.1, 0.15) is 17.5 Å². The number of carbonyl (C=O) groups excluding carboxylic acids is 1. The van der Waals surface area contributed by atoms with E-state index in [1.54, 1.807) is 6.20 Å². The highest BCUT2D eigenvalue weighted by molar-refractivity contribution is 6.31. The van der Waals surface area contributed by atoms with E-state index in [0.717, 1.165) is 16.8 Å². The Bertz CT molecular complexity index is 602. The van der Waals surface area contributed by atoms with E-state index in [9.17, 15) is 4.79 Å². The first kappa shape index (κ1) is 15.5. The number of nitrogens with zero attached hydrogens (tertiary/aromatic N) is 1. The lowest BCUT2D eigenvalue weighted by Crippen LogP contribution is -2.21. The molecule has 0 saturated carbocycles. The van der Waals surface area contributed by atoms with Crippen molar-refractivity contribution in [2.45, 2.75) is 19.9 Å². The Morgan fingerprint density at radius 2 is 2.14 bits per heavy atom. The minimum atomic E-state index is -0.0287. The van der Waals surface area contributed by atoms with Crippen molar-refractivity contribution in [2.24, 2.45) is 0 Å². The van der Waals surface area contributed by atoms with Gasteiger partial charge in [-0.2, -0.15) is 0 Å². The number of anilines is 1. The number of rotatable bonds is 6. The topological polar surface area (TPSA) is 54.0 Å². The van der Waals surface area contributed by atoms with Crippen molar-refractivity contribution in [1.82, 2.24) is 10.3 Å². The molecule has 1 aromatic heterocycles. The molecule has 0 aliphatic heterocycles. The molecule has 1 aromatic carbocycles. The van der Waals surface area contributed by atoms with Crippen molar-refractivity contribution in [3.05, 3.63) is 58.9 Å². The Labute approximate surface area is 129 Å². The van der Waals surface area contributed by atoms with Crippen LogP contribution in [0.5, 0.6) is 0 Å². The minimum Gasteiger partial charge on any atom is -0.326 e. The third-order valence-electron chi connectivity index (χ3n) is 3.12. The number of benzene rings is 1. The van der Waals surface area contributed by atoms with Crippen LogP contribution in [-0.4, -0.2) is 17.4 Å². The van der Waals surface area contributed by atoms with Gasteiger partial charge < -0.3 is 10.6 Å². The highest BCUT2D eigenvalue weighted by Crippen LogP contribution is 2.22. The van der Waals surface area contributed by atoms with Gasteiger partial charge in [0.1, 0.15) is 0 Å². The summed E-state index contributed by atoms with van der Waals surface area (Å²) in [6.45, 7) is 3.20. The standard InChI is InChI=1S/C16H18ClN3O/c1-12-14(17)5-2-6-15(12)20-16(21)7-9-19-11-13-4-3-8-18-10-13/h2-6,8,10,19H,7,9,11H2,1H3,(H,20,21). The highest BCUT2D eigenvalue weighted by atomic mass is 35.5. The normalized spacial score (nSPS) is 10.4. The number of amides is 1. The van der Waals surface area contributed by atoms with Crippen LogP contribution in [0.2, 0.25) is 5.02 Å². The second-order valence-electron chi connectivity index (χ2n) is 4.75. The first-order valence-corrected chi connectivity index (χ1v) is 7.19. The summed E-state index contributed by atoms with van der Waals surface area (Å²) in [6.07, 6.45) is 3.96. The molecule has 5 heteroatoms. The summed E-state index contributed by atoms with van der Waals surface area (Å²) >= 11 is 6.02. The van der Waals surface area contributed by atoms with E-state index < -0.39 is 0 Å². The second kappa shape index (κ2) is 7.76. The molecule has 1 heterocycles. The molecule has 110 valence electrons. The Kier molecular flexibility index (Phi) is 5.72. The number of hydrogen-bond donors (Lipinski definition) is 2. The van der Waals surface area contributed by atoms with Gasteiger partial charge in [-0.3, -0.25) is 9.78 Å². The molecule has 0 aliphatic rings. The SMILES string of the molecule is Cc1c(Cl)cccc1NC(=O)CCNCc1cccnc1. The fourth-order valence-electron chi connectivity index (χ4n) is 1.89. The van der Waals surface area contributed by atoms with Crippen LogP contribution in [0.15, 0.2) is 42.7 Å². The zero-order valence-electron chi connectivity index (χ0n) is 11.9. The number of aromatic nitrogens is 1. The van der Waals surface area contributed by atoms with Gasteiger partial charge in [-0.1, -0.05) is 23.7 Å². The summed E-state index contributed by atoms with van der Waals surface area (Å²) < 4.78 is 0. The van der Waals surface area contributed by atoms with Gasteiger partial charge >= 0.3 is 0 Å².